The summed E-state index contributed by atoms with van der Waals surface area (Å²) in [6, 6.07) is 11.7. The summed E-state index contributed by atoms with van der Waals surface area (Å²) >= 11 is 5.12. The second-order valence-electron chi connectivity index (χ2n) is 8.50. The highest BCUT2D eigenvalue weighted by atomic mass is 32.1. The summed E-state index contributed by atoms with van der Waals surface area (Å²) in [4.78, 5) is 19.7. The second-order valence-corrected chi connectivity index (χ2v) is 8.91. The maximum absolute atomic E-state index is 13.5. The summed E-state index contributed by atoms with van der Waals surface area (Å²) in [6.07, 6.45) is -0.340. The normalized spacial score (nSPS) is 15.1. The number of aromatic nitrogens is 2. The number of halogens is 3. The number of alkyl halides is 3. The van der Waals surface area contributed by atoms with Crippen molar-refractivity contribution in [3.05, 3.63) is 66.0 Å². The molecule has 0 saturated carbocycles. The van der Waals surface area contributed by atoms with Crippen LogP contribution in [-0.4, -0.2) is 33.6 Å². The lowest BCUT2D eigenvalue weighted by atomic mass is 9.99. The predicted molar refractivity (Wildman–Crippen MR) is 142 cm³/mol. The Morgan fingerprint density at radius 3 is 2.71 bits per heavy atom. The molecule has 1 aromatic heterocycles. The van der Waals surface area contributed by atoms with Gasteiger partial charge in [0.25, 0.3) is 0 Å². The zero-order valence-electron chi connectivity index (χ0n) is 20.4. The lowest BCUT2D eigenvalue weighted by Gasteiger charge is -2.18. The molecule has 196 valence electrons. The van der Waals surface area contributed by atoms with Crippen LogP contribution in [0.25, 0.3) is 11.3 Å². The highest BCUT2D eigenvalue weighted by molar-refractivity contribution is 7.80. The van der Waals surface area contributed by atoms with Gasteiger partial charge in [-0.2, -0.15) is 13.2 Å². The number of ether oxygens (including phenoxy) is 1. The van der Waals surface area contributed by atoms with Crippen LogP contribution >= 0.6 is 12.2 Å². The summed E-state index contributed by atoms with van der Waals surface area (Å²) in [5.41, 5.74) is 0.672. The molecule has 38 heavy (non-hydrogen) atoms. The molecule has 3 N–H and O–H groups in total. The molecule has 1 amide bonds. The number of hydrogen-bond acceptors (Lipinski definition) is 6. The van der Waals surface area contributed by atoms with E-state index in [9.17, 15) is 18.0 Å². The molecule has 1 unspecified atom stereocenters. The highest BCUT2D eigenvalue weighted by Crippen LogP contribution is 2.34. The lowest BCUT2D eigenvalue weighted by molar-refractivity contribution is -0.137. The van der Waals surface area contributed by atoms with E-state index in [4.69, 9.17) is 17.0 Å². The van der Waals surface area contributed by atoms with E-state index in [0.717, 1.165) is 37.9 Å². The number of anilines is 1. The van der Waals surface area contributed by atoms with Crippen molar-refractivity contribution in [2.75, 3.05) is 11.9 Å². The van der Waals surface area contributed by atoms with Gasteiger partial charge in [0, 0.05) is 24.1 Å². The van der Waals surface area contributed by atoms with Crippen molar-refractivity contribution in [1.29, 1.82) is 0 Å². The molecule has 4 rings (SSSR count). The minimum atomic E-state index is -4.51. The second kappa shape index (κ2) is 12.0. The Labute approximate surface area is 223 Å². The number of carbonyl (C=O) groups excluding carboxylic acids is 1. The summed E-state index contributed by atoms with van der Waals surface area (Å²) in [5, 5.41) is 8.73. The number of thiocarbonyl (C=S) groups is 1. The number of piperidine rings is 1. The summed E-state index contributed by atoms with van der Waals surface area (Å²) < 4.78 is 46.3. The van der Waals surface area contributed by atoms with Crippen molar-refractivity contribution in [2.24, 2.45) is 0 Å². The Kier molecular flexibility index (Phi) is 8.55. The van der Waals surface area contributed by atoms with Crippen LogP contribution in [0.4, 0.5) is 18.9 Å². The van der Waals surface area contributed by atoms with Crippen molar-refractivity contribution in [2.45, 2.75) is 38.4 Å². The summed E-state index contributed by atoms with van der Waals surface area (Å²) in [6.45, 7) is 2.16. The number of amides is 1. The number of benzene rings is 2. The number of hydrogen-bond donors (Lipinski definition) is 3. The van der Waals surface area contributed by atoms with E-state index in [1.165, 1.54) is 25.4 Å². The smallest absolute Gasteiger partial charge is 0.416 e. The van der Waals surface area contributed by atoms with Crippen LogP contribution in [0.2, 0.25) is 0 Å². The first kappa shape index (κ1) is 27.0. The molecule has 1 atom stereocenters. The van der Waals surface area contributed by atoms with Gasteiger partial charge < -0.3 is 20.7 Å². The molecule has 1 aliphatic heterocycles. The Balaban J connectivity index is 1.65. The molecule has 2 heterocycles. The van der Waals surface area contributed by atoms with Crippen LogP contribution in [0.15, 0.2) is 54.9 Å². The van der Waals surface area contributed by atoms with E-state index in [0.29, 0.717) is 22.7 Å². The SMILES string of the molecule is CC(=O)NC(=S)Nc1ccccc1Oc1cc(-c2ccc(C(F)(F)F)cc2C#CC2CCCCN2)ncn1. The molecule has 7 nitrogen and oxygen atoms in total. The van der Waals surface area contributed by atoms with E-state index < -0.39 is 11.7 Å². The van der Waals surface area contributed by atoms with Crippen molar-refractivity contribution in [1.82, 2.24) is 20.6 Å². The number of nitrogens with one attached hydrogen (secondary N) is 3. The molecule has 1 saturated heterocycles. The fraction of sp³-hybridized carbons (Fsp3) is 0.259. The first-order chi connectivity index (χ1) is 18.2. The average Bonchev–Trinajstić information content (AvgIpc) is 2.88. The molecule has 1 fully saturated rings. The van der Waals surface area contributed by atoms with Crippen LogP contribution in [0.3, 0.4) is 0 Å². The third-order valence-corrected chi connectivity index (χ3v) is 5.80. The van der Waals surface area contributed by atoms with E-state index in [1.54, 1.807) is 24.3 Å². The molecule has 0 spiro atoms. The Bertz CT molecular complexity index is 1400. The van der Waals surface area contributed by atoms with Gasteiger partial charge in [-0.1, -0.05) is 30.0 Å². The molecule has 0 aliphatic carbocycles. The van der Waals surface area contributed by atoms with Crippen LogP contribution in [0.1, 0.15) is 37.3 Å². The third kappa shape index (κ3) is 7.27. The van der Waals surface area contributed by atoms with Gasteiger partial charge >= 0.3 is 6.18 Å². The molecular weight excluding hydrogens is 515 g/mol. The van der Waals surface area contributed by atoms with Gasteiger partial charge in [0.2, 0.25) is 11.8 Å². The molecule has 1 aliphatic rings. The summed E-state index contributed by atoms with van der Waals surface area (Å²) in [7, 11) is 0. The Hall–Kier alpha value is -4.01. The molecule has 3 aromatic rings. The fourth-order valence-electron chi connectivity index (χ4n) is 3.81. The van der Waals surface area contributed by atoms with Crippen LogP contribution in [0, 0.1) is 11.8 Å². The van der Waals surface area contributed by atoms with Gasteiger partial charge in [-0.3, -0.25) is 4.79 Å². The van der Waals surface area contributed by atoms with Gasteiger partial charge in [0.05, 0.1) is 23.0 Å². The molecule has 0 bridgehead atoms. The van der Waals surface area contributed by atoms with Gasteiger partial charge in [-0.25, -0.2) is 9.97 Å². The van der Waals surface area contributed by atoms with Crippen molar-refractivity contribution >= 4 is 28.9 Å². The van der Waals surface area contributed by atoms with E-state index in [-0.39, 0.29) is 28.5 Å². The van der Waals surface area contributed by atoms with Gasteiger partial charge in [-0.05, 0) is 62.3 Å². The maximum atomic E-state index is 13.5. The van der Waals surface area contributed by atoms with Gasteiger partial charge in [0.1, 0.15) is 6.33 Å². The standard InChI is InChI=1S/C27H24F3N5O2S/c1-17(36)34-26(38)35-22-7-2-3-8-24(22)37-25-15-23(32-16-33-25)21-12-10-19(27(28,29)30)14-18(21)9-11-20-6-4-5-13-31-20/h2-3,7-8,10,12,14-16,20,31H,4-6,13H2,1H3,(H2,34,35,36,38). The Morgan fingerprint density at radius 1 is 1.16 bits per heavy atom. The minimum Gasteiger partial charge on any atom is -0.437 e. The number of rotatable bonds is 4. The topological polar surface area (TPSA) is 88.2 Å². The predicted octanol–water partition coefficient (Wildman–Crippen LogP) is 5.28. The van der Waals surface area contributed by atoms with Crippen LogP contribution in [0.5, 0.6) is 11.6 Å². The average molecular weight is 540 g/mol. The first-order valence-corrected chi connectivity index (χ1v) is 12.2. The lowest BCUT2D eigenvalue weighted by Crippen LogP contribution is -2.32. The van der Waals surface area contributed by atoms with E-state index in [2.05, 4.69) is 37.8 Å². The number of para-hydroxylation sites is 2. The highest BCUT2D eigenvalue weighted by Gasteiger charge is 2.31. The molecular formula is C27H24F3N5O2S. The van der Waals surface area contributed by atoms with Crippen molar-refractivity contribution in [3.63, 3.8) is 0 Å². The number of nitrogens with zero attached hydrogens (tertiary/aromatic N) is 2. The fourth-order valence-corrected chi connectivity index (χ4v) is 4.07. The molecule has 0 radical (unpaired) electrons. The van der Waals surface area contributed by atoms with Gasteiger partial charge in [0.15, 0.2) is 10.9 Å². The van der Waals surface area contributed by atoms with E-state index >= 15 is 0 Å². The third-order valence-electron chi connectivity index (χ3n) is 5.60. The monoisotopic (exact) mass is 539 g/mol. The first-order valence-electron chi connectivity index (χ1n) is 11.8. The Morgan fingerprint density at radius 2 is 1.97 bits per heavy atom. The number of carbonyl (C=O) groups is 1. The largest absolute Gasteiger partial charge is 0.437 e. The van der Waals surface area contributed by atoms with Crippen molar-refractivity contribution in [3.8, 4) is 34.7 Å². The van der Waals surface area contributed by atoms with Crippen LogP contribution in [-0.2, 0) is 11.0 Å². The molecule has 11 heteroatoms. The quantitative estimate of drug-likeness (QED) is 0.307. The van der Waals surface area contributed by atoms with Gasteiger partial charge in [-0.15, -0.1) is 0 Å². The maximum Gasteiger partial charge on any atom is 0.416 e. The van der Waals surface area contributed by atoms with E-state index in [1.807, 2.05) is 0 Å². The minimum absolute atomic E-state index is 0.0805. The molecule has 2 aromatic carbocycles. The summed E-state index contributed by atoms with van der Waals surface area (Å²) in [5.74, 6) is 6.20. The van der Waals surface area contributed by atoms with Crippen molar-refractivity contribution < 1.29 is 22.7 Å². The zero-order chi connectivity index (χ0) is 27.1. The van der Waals surface area contributed by atoms with Crippen LogP contribution < -0.4 is 20.7 Å². The zero-order valence-corrected chi connectivity index (χ0v) is 21.2.